The Hall–Kier alpha value is -2.29. The molecule has 2 aromatic carbocycles. The Balaban J connectivity index is 0.000000383. The molecule has 3 N–H and O–H groups in total. The Kier molecular flexibility index (Phi) is 5.97. The summed E-state index contributed by atoms with van der Waals surface area (Å²) in [7, 11) is -3.51. The SMILES string of the molecule is COc1ccc(Nc2ccc(N)cc2)cc1.O=S(=O)([O-])[O-]. The normalized spacial score (nSPS) is 10.2. The van der Waals surface area contributed by atoms with Gasteiger partial charge in [-0.15, -0.1) is 0 Å². The first-order chi connectivity index (χ1) is 9.78. The molecule has 0 aliphatic carbocycles. The standard InChI is InChI=1S/C13H14N2O.H2O4S/c1-16-13-8-6-12(7-9-13)15-11-4-2-10(14)3-5-11;1-5(2,3)4/h2-9,15H,14H2,1H3;(H2,1,2,3,4)/p-2. The van der Waals surface area contributed by atoms with E-state index in [9.17, 15) is 0 Å². The molecule has 0 aromatic heterocycles. The molecule has 0 unspecified atom stereocenters. The van der Waals surface area contributed by atoms with Gasteiger partial charge in [0.1, 0.15) is 5.75 Å². The predicted molar refractivity (Wildman–Crippen MR) is 77.6 cm³/mol. The summed E-state index contributed by atoms with van der Waals surface area (Å²) in [5.41, 5.74) is 8.41. The summed E-state index contributed by atoms with van der Waals surface area (Å²) < 4.78 is 39.2. The fourth-order valence-electron chi connectivity index (χ4n) is 1.41. The first-order valence-electron chi connectivity index (χ1n) is 5.71. The maximum atomic E-state index is 8.52. The van der Waals surface area contributed by atoms with Crippen molar-refractivity contribution >= 4 is 27.5 Å². The topological polar surface area (TPSA) is 128 Å². The number of hydrogen-bond acceptors (Lipinski definition) is 7. The van der Waals surface area contributed by atoms with Gasteiger partial charge in [-0.05, 0) is 48.5 Å². The van der Waals surface area contributed by atoms with Gasteiger partial charge in [0.05, 0.1) is 7.11 Å². The van der Waals surface area contributed by atoms with Crippen molar-refractivity contribution in [1.29, 1.82) is 0 Å². The molecule has 2 aromatic rings. The molecule has 2 rings (SSSR count). The average Bonchev–Trinajstić information content (AvgIpc) is 2.40. The van der Waals surface area contributed by atoms with E-state index in [4.69, 9.17) is 28.0 Å². The molecule has 8 heteroatoms. The maximum Gasteiger partial charge on any atom is 0.119 e. The Morgan fingerprint density at radius 3 is 1.71 bits per heavy atom. The zero-order chi connectivity index (χ0) is 15.9. The van der Waals surface area contributed by atoms with Crippen LogP contribution in [0.15, 0.2) is 48.5 Å². The largest absolute Gasteiger partial charge is 0.759 e. The lowest BCUT2D eigenvalue weighted by atomic mass is 10.2. The number of ether oxygens (including phenoxy) is 1. The number of nitrogens with two attached hydrogens (primary N) is 1. The van der Waals surface area contributed by atoms with E-state index in [1.807, 2.05) is 48.5 Å². The monoisotopic (exact) mass is 310 g/mol. The second-order valence-corrected chi connectivity index (χ2v) is 4.70. The first kappa shape index (κ1) is 16.8. The number of benzene rings is 2. The van der Waals surface area contributed by atoms with Crippen LogP contribution in [0.2, 0.25) is 0 Å². The number of nitrogen functional groups attached to an aromatic ring is 1. The van der Waals surface area contributed by atoms with Gasteiger partial charge in [-0.2, -0.15) is 0 Å². The number of anilines is 3. The van der Waals surface area contributed by atoms with Crippen LogP contribution in [-0.4, -0.2) is 24.6 Å². The van der Waals surface area contributed by atoms with Gasteiger partial charge in [-0.3, -0.25) is 8.42 Å². The van der Waals surface area contributed by atoms with E-state index in [0.29, 0.717) is 0 Å². The third kappa shape index (κ3) is 7.78. The second-order valence-electron chi connectivity index (χ2n) is 3.88. The molecular weight excluding hydrogens is 296 g/mol. The third-order valence-corrected chi connectivity index (χ3v) is 2.29. The third-order valence-electron chi connectivity index (χ3n) is 2.29. The summed E-state index contributed by atoms with van der Waals surface area (Å²) in [5.74, 6) is 0.850. The Morgan fingerprint density at radius 2 is 1.33 bits per heavy atom. The van der Waals surface area contributed by atoms with Crippen LogP contribution >= 0.6 is 0 Å². The van der Waals surface area contributed by atoms with Crippen molar-refractivity contribution in [1.82, 2.24) is 0 Å². The quantitative estimate of drug-likeness (QED) is 0.501. The fraction of sp³-hybridized carbons (Fsp3) is 0.0769. The molecule has 0 fully saturated rings. The Morgan fingerprint density at radius 1 is 0.952 bits per heavy atom. The highest BCUT2D eigenvalue weighted by atomic mass is 32.3. The van der Waals surface area contributed by atoms with Gasteiger partial charge in [-0.25, -0.2) is 0 Å². The zero-order valence-corrected chi connectivity index (χ0v) is 12.0. The van der Waals surface area contributed by atoms with E-state index < -0.39 is 10.4 Å². The summed E-state index contributed by atoms with van der Waals surface area (Å²) in [6, 6.07) is 15.4. The van der Waals surface area contributed by atoms with Crippen molar-refractivity contribution in [2.45, 2.75) is 0 Å². The van der Waals surface area contributed by atoms with Gasteiger partial charge in [0.15, 0.2) is 0 Å². The van der Waals surface area contributed by atoms with E-state index in [-0.39, 0.29) is 0 Å². The van der Waals surface area contributed by atoms with Crippen molar-refractivity contribution in [2.24, 2.45) is 0 Å². The molecule has 21 heavy (non-hydrogen) atoms. The van der Waals surface area contributed by atoms with E-state index in [2.05, 4.69) is 5.32 Å². The number of rotatable bonds is 3. The highest BCUT2D eigenvalue weighted by molar-refractivity contribution is 7.79. The van der Waals surface area contributed by atoms with Crippen LogP contribution in [0.4, 0.5) is 17.1 Å². The summed E-state index contributed by atoms with van der Waals surface area (Å²) in [6.07, 6.45) is 0. The van der Waals surface area contributed by atoms with Crippen molar-refractivity contribution < 1.29 is 22.3 Å². The van der Waals surface area contributed by atoms with Gasteiger partial charge >= 0.3 is 0 Å². The number of hydrogen-bond donors (Lipinski definition) is 2. The Labute approximate surface area is 122 Å². The van der Waals surface area contributed by atoms with Gasteiger partial charge in [-0.1, -0.05) is 0 Å². The van der Waals surface area contributed by atoms with E-state index in [1.165, 1.54) is 0 Å². The average molecular weight is 310 g/mol. The van der Waals surface area contributed by atoms with Crippen LogP contribution in [-0.2, 0) is 10.4 Å². The highest BCUT2D eigenvalue weighted by Crippen LogP contribution is 2.20. The predicted octanol–water partition coefficient (Wildman–Crippen LogP) is 1.68. The van der Waals surface area contributed by atoms with Crippen LogP contribution < -0.4 is 15.8 Å². The van der Waals surface area contributed by atoms with Crippen LogP contribution in [0.1, 0.15) is 0 Å². The zero-order valence-electron chi connectivity index (χ0n) is 11.1. The first-order valence-corrected chi connectivity index (χ1v) is 7.04. The highest BCUT2D eigenvalue weighted by Gasteiger charge is 1.95. The molecule has 0 amide bonds. The molecule has 0 bridgehead atoms. The van der Waals surface area contributed by atoms with Gasteiger partial charge in [0.25, 0.3) is 0 Å². The summed E-state index contributed by atoms with van der Waals surface area (Å²) in [4.78, 5) is 0. The fourth-order valence-corrected chi connectivity index (χ4v) is 1.41. The molecule has 0 radical (unpaired) electrons. The Bertz CT molecular complexity index is 646. The van der Waals surface area contributed by atoms with Crippen LogP contribution in [0.3, 0.4) is 0 Å². The minimum atomic E-state index is -5.17. The van der Waals surface area contributed by atoms with Crippen LogP contribution in [0, 0.1) is 0 Å². The van der Waals surface area contributed by atoms with Crippen molar-refractivity contribution in [3.05, 3.63) is 48.5 Å². The second kappa shape index (κ2) is 7.48. The molecule has 0 heterocycles. The van der Waals surface area contributed by atoms with Crippen molar-refractivity contribution in [3.8, 4) is 5.75 Å². The maximum absolute atomic E-state index is 8.52. The van der Waals surface area contributed by atoms with Crippen LogP contribution in [0.5, 0.6) is 5.75 Å². The molecular formula is C13H14N2O5S-2. The van der Waals surface area contributed by atoms with E-state index >= 15 is 0 Å². The van der Waals surface area contributed by atoms with Gasteiger partial charge < -0.3 is 24.9 Å². The van der Waals surface area contributed by atoms with E-state index in [1.54, 1.807) is 7.11 Å². The molecule has 7 nitrogen and oxygen atoms in total. The van der Waals surface area contributed by atoms with Crippen LogP contribution in [0.25, 0.3) is 0 Å². The molecule has 0 atom stereocenters. The van der Waals surface area contributed by atoms with Gasteiger partial charge in [0, 0.05) is 27.5 Å². The van der Waals surface area contributed by atoms with Gasteiger partial charge in [0.2, 0.25) is 0 Å². The lowest BCUT2D eigenvalue weighted by Crippen LogP contribution is -1.91. The van der Waals surface area contributed by atoms with Crippen molar-refractivity contribution in [2.75, 3.05) is 18.2 Å². The summed E-state index contributed by atoms with van der Waals surface area (Å²) in [6.45, 7) is 0. The molecule has 0 saturated heterocycles. The molecule has 0 saturated carbocycles. The minimum absolute atomic E-state index is 0.764. The summed E-state index contributed by atoms with van der Waals surface area (Å²) >= 11 is 0. The van der Waals surface area contributed by atoms with E-state index in [0.717, 1.165) is 22.8 Å². The smallest absolute Gasteiger partial charge is 0.119 e. The lowest BCUT2D eigenvalue weighted by Gasteiger charge is -2.07. The van der Waals surface area contributed by atoms with Crippen molar-refractivity contribution in [3.63, 3.8) is 0 Å². The molecule has 114 valence electrons. The molecule has 0 aliphatic heterocycles. The minimum Gasteiger partial charge on any atom is -0.759 e. The lowest BCUT2D eigenvalue weighted by molar-refractivity contribution is 0.352. The molecule has 0 aliphatic rings. The number of nitrogens with one attached hydrogen (secondary N) is 1. The molecule has 0 spiro atoms. The summed E-state index contributed by atoms with van der Waals surface area (Å²) in [5, 5.41) is 3.27. The number of methoxy groups -OCH3 is 1.